The third kappa shape index (κ3) is 6.50. The van der Waals surface area contributed by atoms with E-state index in [4.69, 9.17) is 4.74 Å². The zero-order chi connectivity index (χ0) is 18.6. The van der Waals surface area contributed by atoms with Crippen molar-refractivity contribution >= 4 is 5.91 Å². The molecule has 0 atom stereocenters. The van der Waals surface area contributed by atoms with Gasteiger partial charge in [0.1, 0.15) is 12.4 Å². The molecule has 0 fully saturated rings. The van der Waals surface area contributed by atoms with Gasteiger partial charge in [-0.05, 0) is 30.8 Å². The zero-order valence-corrected chi connectivity index (χ0v) is 15.6. The summed E-state index contributed by atoms with van der Waals surface area (Å²) < 4.78 is 5.90. The third-order valence-electron chi connectivity index (χ3n) is 3.99. The number of amides is 1. The topological polar surface area (TPSA) is 62.4 Å². The van der Waals surface area contributed by atoms with Gasteiger partial charge >= 0.3 is 0 Å². The van der Waals surface area contributed by atoms with Gasteiger partial charge in [0.05, 0.1) is 11.6 Å². The van der Waals surface area contributed by atoms with Gasteiger partial charge in [0.2, 0.25) is 0 Å². The smallest absolute Gasteiger partial charge is 0.255 e. The molecule has 0 heterocycles. The van der Waals surface area contributed by atoms with Crippen molar-refractivity contribution in [2.75, 3.05) is 26.2 Å². The van der Waals surface area contributed by atoms with Crippen LogP contribution in [0.1, 0.15) is 29.8 Å². The molecule has 26 heavy (non-hydrogen) atoms. The molecular weight excluding hydrogens is 326 g/mol. The van der Waals surface area contributed by atoms with E-state index in [1.165, 1.54) is 0 Å². The monoisotopic (exact) mass is 355 g/mol. The Morgan fingerprint density at radius 3 is 2.19 bits per heavy atom. The molecule has 2 rings (SSSR count). The Bertz CT molecular complexity index is 653. The number of para-hydroxylation sites is 1. The molecule has 5 heteroatoms. The molecule has 0 bridgehead atoms. The molecule has 2 aromatic carbocycles. The van der Waals surface area contributed by atoms with Gasteiger partial charge in [0, 0.05) is 13.1 Å². The number of carbonyl (C=O) groups excluding carboxylic acids is 1. The van der Waals surface area contributed by atoms with Crippen LogP contribution in [-0.4, -0.2) is 38.1 Å². The average Bonchev–Trinajstić information content (AvgIpc) is 2.69. The second kappa shape index (κ2) is 11.3. The van der Waals surface area contributed by atoms with Crippen molar-refractivity contribution in [1.82, 2.24) is 16.0 Å². The van der Waals surface area contributed by atoms with E-state index in [-0.39, 0.29) is 11.9 Å². The Morgan fingerprint density at radius 2 is 1.54 bits per heavy atom. The van der Waals surface area contributed by atoms with Crippen LogP contribution in [0, 0.1) is 0 Å². The third-order valence-corrected chi connectivity index (χ3v) is 3.99. The minimum absolute atomic E-state index is 0.0181. The Hall–Kier alpha value is -2.37. The number of likely N-dealkylation sites (N-methyl/N-ethyl adjacent to an activating group) is 2. The summed E-state index contributed by atoms with van der Waals surface area (Å²) in [6, 6.07) is 17.3. The van der Waals surface area contributed by atoms with Crippen molar-refractivity contribution in [3.63, 3.8) is 0 Å². The lowest BCUT2D eigenvalue weighted by Gasteiger charge is -2.20. The van der Waals surface area contributed by atoms with Crippen LogP contribution >= 0.6 is 0 Å². The number of nitrogens with one attached hydrogen (secondary N) is 3. The highest BCUT2D eigenvalue weighted by Crippen LogP contribution is 2.19. The number of ether oxygens (including phenoxy) is 1. The first-order chi connectivity index (χ1) is 12.7. The van der Waals surface area contributed by atoms with E-state index in [9.17, 15) is 4.79 Å². The number of rotatable bonds is 11. The molecule has 0 aliphatic carbocycles. The van der Waals surface area contributed by atoms with Gasteiger partial charge in [-0.2, -0.15) is 0 Å². The van der Waals surface area contributed by atoms with Gasteiger partial charge in [-0.3, -0.25) is 4.79 Å². The van der Waals surface area contributed by atoms with E-state index in [0.29, 0.717) is 17.9 Å². The Kier molecular flexibility index (Phi) is 8.66. The van der Waals surface area contributed by atoms with E-state index in [2.05, 4.69) is 29.8 Å². The van der Waals surface area contributed by atoms with E-state index in [1.807, 2.05) is 48.5 Å². The van der Waals surface area contributed by atoms with Crippen molar-refractivity contribution in [1.29, 1.82) is 0 Å². The summed E-state index contributed by atoms with van der Waals surface area (Å²) in [6.45, 7) is 7.73. The summed E-state index contributed by atoms with van der Waals surface area (Å²) >= 11 is 0. The minimum atomic E-state index is -0.116. The van der Waals surface area contributed by atoms with Gasteiger partial charge in [-0.25, -0.2) is 0 Å². The standard InChI is InChI=1S/C21H29N3O2/c1-3-22-14-18(15-23-4-2)24-21(25)19-12-8-9-13-20(19)26-16-17-10-6-5-7-11-17/h5-13,18,22-23H,3-4,14-16H2,1-2H3,(H,24,25). The summed E-state index contributed by atoms with van der Waals surface area (Å²) in [6.07, 6.45) is 0. The van der Waals surface area contributed by atoms with Crippen molar-refractivity contribution in [2.45, 2.75) is 26.5 Å². The van der Waals surface area contributed by atoms with Crippen LogP contribution in [0.25, 0.3) is 0 Å². The van der Waals surface area contributed by atoms with Crippen LogP contribution < -0.4 is 20.7 Å². The number of benzene rings is 2. The summed E-state index contributed by atoms with van der Waals surface area (Å²) in [5.74, 6) is 0.481. The van der Waals surface area contributed by atoms with Crippen LogP contribution in [0.3, 0.4) is 0 Å². The maximum Gasteiger partial charge on any atom is 0.255 e. The molecule has 0 aliphatic rings. The van der Waals surface area contributed by atoms with Gasteiger partial charge < -0.3 is 20.7 Å². The fourth-order valence-corrected chi connectivity index (χ4v) is 2.59. The van der Waals surface area contributed by atoms with Crippen molar-refractivity contribution in [3.05, 3.63) is 65.7 Å². The molecule has 0 saturated carbocycles. The molecule has 0 aromatic heterocycles. The molecule has 0 saturated heterocycles. The molecule has 1 amide bonds. The largest absolute Gasteiger partial charge is 0.488 e. The lowest BCUT2D eigenvalue weighted by Crippen LogP contribution is -2.48. The van der Waals surface area contributed by atoms with Crippen LogP contribution in [0.15, 0.2) is 54.6 Å². The quantitative estimate of drug-likeness (QED) is 0.580. The molecule has 5 nitrogen and oxygen atoms in total. The molecular formula is C21H29N3O2. The minimum Gasteiger partial charge on any atom is -0.488 e. The van der Waals surface area contributed by atoms with Crippen LogP contribution in [0.4, 0.5) is 0 Å². The lowest BCUT2D eigenvalue weighted by atomic mass is 10.1. The maximum absolute atomic E-state index is 12.8. The second-order valence-electron chi connectivity index (χ2n) is 6.06. The molecule has 140 valence electrons. The van der Waals surface area contributed by atoms with Gasteiger partial charge in [0.15, 0.2) is 0 Å². The Balaban J connectivity index is 2.02. The zero-order valence-electron chi connectivity index (χ0n) is 15.6. The molecule has 0 radical (unpaired) electrons. The lowest BCUT2D eigenvalue weighted by molar-refractivity contribution is 0.0931. The van der Waals surface area contributed by atoms with Crippen LogP contribution in [-0.2, 0) is 6.61 Å². The number of hydrogen-bond acceptors (Lipinski definition) is 4. The Labute approximate surface area is 156 Å². The summed E-state index contributed by atoms with van der Waals surface area (Å²) in [4.78, 5) is 12.8. The molecule has 2 aromatic rings. The highest BCUT2D eigenvalue weighted by atomic mass is 16.5. The molecule has 3 N–H and O–H groups in total. The summed E-state index contributed by atoms with van der Waals surface area (Å²) in [7, 11) is 0. The molecule has 0 spiro atoms. The van der Waals surface area contributed by atoms with Gasteiger partial charge in [-0.15, -0.1) is 0 Å². The van der Waals surface area contributed by atoms with E-state index < -0.39 is 0 Å². The van der Waals surface area contributed by atoms with Crippen LogP contribution in [0.5, 0.6) is 5.75 Å². The highest BCUT2D eigenvalue weighted by molar-refractivity contribution is 5.97. The summed E-state index contributed by atoms with van der Waals surface area (Å²) in [5, 5.41) is 9.68. The number of carbonyl (C=O) groups is 1. The van der Waals surface area contributed by atoms with Gasteiger partial charge in [-0.1, -0.05) is 56.3 Å². The maximum atomic E-state index is 12.8. The van der Waals surface area contributed by atoms with Crippen molar-refractivity contribution in [2.24, 2.45) is 0 Å². The fourth-order valence-electron chi connectivity index (χ4n) is 2.59. The van der Waals surface area contributed by atoms with Crippen molar-refractivity contribution in [3.8, 4) is 5.75 Å². The molecule has 0 unspecified atom stereocenters. The second-order valence-corrected chi connectivity index (χ2v) is 6.06. The van der Waals surface area contributed by atoms with E-state index in [0.717, 1.165) is 31.7 Å². The Morgan fingerprint density at radius 1 is 0.923 bits per heavy atom. The fraction of sp³-hybridized carbons (Fsp3) is 0.381. The predicted molar refractivity (Wildman–Crippen MR) is 106 cm³/mol. The molecule has 0 aliphatic heterocycles. The van der Waals surface area contributed by atoms with E-state index >= 15 is 0 Å². The first-order valence-corrected chi connectivity index (χ1v) is 9.22. The number of hydrogen-bond donors (Lipinski definition) is 3. The highest BCUT2D eigenvalue weighted by Gasteiger charge is 2.16. The predicted octanol–water partition coefficient (Wildman–Crippen LogP) is 2.58. The van der Waals surface area contributed by atoms with Gasteiger partial charge in [0.25, 0.3) is 5.91 Å². The normalized spacial score (nSPS) is 10.7. The SMILES string of the molecule is CCNCC(CNCC)NC(=O)c1ccccc1OCc1ccccc1. The first kappa shape index (κ1) is 19.9. The summed E-state index contributed by atoms with van der Waals surface area (Å²) in [5.41, 5.74) is 1.63. The first-order valence-electron chi connectivity index (χ1n) is 9.22. The van der Waals surface area contributed by atoms with E-state index in [1.54, 1.807) is 6.07 Å². The average molecular weight is 355 g/mol. The van der Waals surface area contributed by atoms with Crippen molar-refractivity contribution < 1.29 is 9.53 Å². The van der Waals surface area contributed by atoms with Crippen LogP contribution in [0.2, 0.25) is 0 Å².